The second kappa shape index (κ2) is 7.71. The molecular weight excluding hydrogens is 400 g/mol. The fourth-order valence-corrected chi connectivity index (χ4v) is 4.33. The van der Waals surface area contributed by atoms with E-state index >= 15 is 0 Å². The van der Waals surface area contributed by atoms with E-state index in [1.54, 1.807) is 35.9 Å². The summed E-state index contributed by atoms with van der Waals surface area (Å²) in [7, 11) is 0. The molecular formula is C21H19N6O2S+. The molecule has 9 heteroatoms. The van der Waals surface area contributed by atoms with Crippen LogP contribution in [0, 0.1) is 0 Å². The number of nitrogens with one attached hydrogen (secondary N) is 3. The van der Waals surface area contributed by atoms with E-state index in [0.29, 0.717) is 12.2 Å². The van der Waals surface area contributed by atoms with Crippen LogP contribution in [0.5, 0.6) is 0 Å². The van der Waals surface area contributed by atoms with Crippen LogP contribution in [0.2, 0.25) is 0 Å². The van der Waals surface area contributed by atoms with E-state index in [1.165, 1.54) is 0 Å². The van der Waals surface area contributed by atoms with Crippen LogP contribution in [-0.2, 0) is 4.74 Å². The summed E-state index contributed by atoms with van der Waals surface area (Å²) in [4.78, 5) is 16.9. The number of nitrogens with zero attached hydrogens (tertiary/aromatic N) is 2. The number of thiophene rings is 1. The second-order valence-electron chi connectivity index (χ2n) is 6.66. The minimum atomic E-state index is -0.340. The zero-order valence-corrected chi connectivity index (χ0v) is 16.9. The van der Waals surface area contributed by atoms with Gasteiger partial charge in [-0.25, -0.2) is 9.78 Å². The Labute approximate surface area is 175 Å². The van der Waals surface area contributed by atoms with Crippen LogP contribution in [0.1, 0.15) is 22.8 Å². The zero-order chi connectivity index (χ0) is 20.5. The van der Waals surface area contributed by atoms with E-state index in [0.717, 1.165) is 43.9 Å². The zero-order valence-electron chi connectivity index (χ0n) is 16.1. The number of rotatable bonds is 5. The van der Waals surface area contributed by atoms with Gasteiger partial charge in [0.05, 0.1) is 17.7 Å². The molecule has 8 nitrogen and oxygen atoms in total. The summed E-state index contributed by atoms with van der Waals surface area (Å²) in [5, 5.41) is 11.8. The molecule has 0 unspecified atom stereocenters. The summed E-state index contributed by atoms with van der Waals surface area (Å²) in [6.45, 7) is 2.13. The van der Waals surface area contributed by atoms with Crippen molar-refractivity contribution in [2.45, 2.75) is 6.92 Å². The van der Waals surface area contributed by atoms with Gasteiger partial charge < -0.3 is 10.1 Å². The third kappa shape index (κ3) is 3.35. The smallest absolute Gasteiger partial charge is 0.338 e. The van der Waals surface area contributed by atoms with E-state index in [1.807, 2.05) is 24.3 Å². The lowest BCUT2D eigenvalue weighted by molar-refractivity contribution is -0.713. The highest BCUT2D eigenvalue weighted by Gasteiger charge is 2.15. The average molecular weight is 419 g/mol. The Hall–Kier alpha value is -3.53. The molecule has 30 heavy (non-hydrogen) atoms. The van der Waals surface area contributed by atoms with Crippen molar-refractivity contribution in [3.8, 4) is 0 Å². The first-order valence-corrected chi connectivity index (χ1v) is 10.4. The first-order chi connectivity index (χ1) is 14.7. The summed E-state index contributed by atoms with van der Waals surface area (Å²) in [6.07, 6.45) is 0. The molecule has 0 amide bonds. The Morgan fingerprint density at radius 1 is 1.20 bits per heavy atom. The number of hydrazine groups is 1. The Morgan fingerprint density at radius 3 is 2.97 bits per heavy atom. The van der Waals surface area contributed by atoms with E-state index in [2.05, 4.69) is 38.9 Å². The number of carbonyl (C=O) groups is 1. The molecule has 0 radical (unpaired) electrons. The van der Waals surface area contributed by atoms with Gasteiger partial charge in [-0.3, -0.25) is 5.43 Å². The average Bonchev–Trinajstić information content (AvgIpc) is 3.46. The van der Waals surface area contributed by atoms with Crippen LogP contribution >= 0.6 is 11.3 Å². The summed E-state index contributed by atoms with van der Waals surface area (Å²) in [5.74, 6) is 1.15. The molecule has 2 aromatic carbocycles. The van der Waals surface area contributed by atoms with Gasteiger partial charge in [-0.2, -0.15) is 0 Å². The maximum absolute atomic E-state index is 12.1. The van der Waals surface area contributed by atoms with Crippen molar-refractivity contribution in [3.63, 3.8) is 0 Å². The molecule has 5 rings (SSSR count). The number of aromatic nitrogens is 1. The Morgan fingerprint density at radius 2 is 2.13 bits per heavy atom. The predicted molar refractivity (Wildman–Crippen MR) is 118 cm³/mol. The van der Waals surface area contributed by atoms with Crippen molar-refractivity contribution in [1.82, 2.24) is 15.9 Å². The SMILES string of the molecule is CCOC(=O)c1cccc(Nc2nc3cc(C4=N[NH2+]NN4)ccc3c3sccc23)c1. The largest absolute Gasteiger partial charge is 0.462 e. The van der Waals surface area contributed by atoms with Gasteiger partial charge in [0.15, 0.2) is 0 Å². The molecule has 0 aliphatic carbocycles. The van der Waals surface area contributed by atoms with Crippen molar-refractivity contribution >= 4 is 55.6 Å². The van der Waals surface area contributed by atoms with Crippen molar-refractivity contribution in [2.24, 2.45) is 5.10 Å². The van der Waals surface area contributed by atoms with Gasteiger partial charge in [0.25, 0.3) is 0 Å². The van der Waals surface area contributed by atoms with Crippen LogP contribution in [-0.4, -0.2) is 23.4 Å². The summed E-state index contributed by atoms with van der Waals surface area (Å²) < 4.78 is 6.26. The molecule has 0 fully saturated rings. The lowest BCUT2D eigenvalue weighted by atomic mass is 10.1. The molecule has 150 valence electrons. The highest BCUT2D eigenvalue weighted by atomic mass is 32.1. The van der Waals surface area contributed by atoms with E-state index in [9.17, 15) is 4.79 Å². The Bertz CT molecular complexity index is 1300. The van der Waals surface area contributed by atoms with Crippen molar-refractivity contribution in [1.29, 1.82) is 0 Å². The molecule has 0 atom stereocenters. The second-order valence-corrected chi connectivity index (χ2v) is 7.57. The van der Waals surface area contributed by atoms with Gasteiger partial charge in [0.2, 0.25) is 5.84 Å². The summed E-state index contributed by atoms with van der Waals surface area (Å²) >= 11 is 1.68. The monoisotopic (exact) mass is 419 g/mol. The molecule has 1 aliphatic heterocycles. The molecule has 0 bridgehead atoms. The first kappa shape index (κ1) is 18.5. The topological polar surface area (TPSA) is 104 Å². The fraction of sp³-hybridized carbons (Fsp3) is 0.0952. The molecule has 5 N–H and O–H groups in total. The quantitative estimate of drug-likeness (QED) is 0.293. The van der Waals surface area contributed by atoms with Gasteiger partial charge in [0, 0.05) is 26.7 Å². The molecule has 4 aromatic rings. The number of esters is 1. The molecule has 0 saturated carbocycles. The normalized spacial score (nSPS) is 13.3. The van der Waals surface area contributed by atoms with Crippen molar-refractivity contribution < 1.29 is 15.1 Å². The number of quaternary nitrogens is 1. The standard InChI is InChI=1S/C21H18N6O2S/c1-2-29-21(28)13-4-3-5-14(10-13)22-20-16-8-9-30-18(16)15-7-6-12(11-17(15)23-20)19-24-26-27-25-19/h3-11,26-27H,2H2,1H3,(H,22,23)(H,24,25)/p+1. The number of hydrogen-bond acceptors (Lipinski definition) is 8. The molecule has 2 aromatic heterocycles. The fourth-order valence-electron chi connectivity index (χ4n) is 3.40. The number of nitrogens with two attached hydrogens (primary N) is 1. The number of amidine groups is 1. The van der Waals surface area contributed by atoms with E-state index in [-0.39, 0.29) is 5.97 Å². The van der Waals surface area contributed by atoms with Gasteiger partial charge in [0.1, 0.15) is 5.82 Å². The van der Waals surface area contributed by atoms with E-state index in [4.69, 9.17) is 9.72 Å². The van der Waals surface area contributed by atoms with Crippen molar-refractivity contribution in [2.75, 3.05) is 11.9 Å². The first-order valence-electron chi connectivity index (χ1n) is 9.49. The van der Waals surface area contributed by atoms with Gasteiger partial charge in [-0.1, -0.05) is 23.7 Å². The molecule has 3 heterocycles. The number of hydrogen-bond donors (Lipinski definition) is 4. The molecule has 1 aliphatic rings. The van der Waals surface area contributed by atoms with Crippen LogP contribution in [0.25, 0.3) is 21.0 Å². The molecule has 0 saturated heterocycles. The maximum atomic E-state index is 12.1. The van der Waals surface area contributed by atoms with Crippen molar-refractivity contribution in [3.05, 3.63) is 65.0 Å². The number of carbonyl (C=O) groups excluding carboxylic acids is 1. The Balaban J connectivity index is 1.57. The minimum absolute atomic E-state index is 0.340. The number of pyridine rings is 1. The third-order valence-corrected chi connectivity index (χ3v) is 5.70. The lowest BCUT2D eigenvalue weighted by Crippen LogP contribution is -2.87. The number of fused-ring (bicyclic) bond motifs is 3. The van der Waals surface area contributed by atoms with Crippen LogP contribution < -0.4 is 21.8 Å². The van der Waals surface area contributed by atoms with Crippen LogP contribution in [0.15, 0.2) is 59.0 Å². The van der Waals surface area contributed by atoms with Crippen LogP contribution in [0.3, 0.4) is 0 Å². The summed E-state index contributed by atoms with van der Waals surface area (Å²) in [6, 6.07) is 15.4. The highest BCUT2D eigenvalue weighted by molar-refractivity contribution is 7.18. The van der Waals surface area contributed by atoms with Gasteiger partial charge in [-0.15, -0.1) is 16.9 Å². The third-order valence-electron chi connectivity index (χ3n) is 4.75. The number of ether oxygens (including phenoxy) is 1. The maximum Gasteiger partial charge on any atom is 0.338 e. The van der Waals surface area contributed by atoms with Gasteiger partial charge >= 0.3 is 5.97 Å². The number of benzene rings is 2. The minimum Gasteiger partial charge on any atom is -0.462 e. The molecule has 0 spiro atoms. The number of anilines is 2. The highest BCUT2D eigenvalue weighted by Crippen LogP contribution is 2.35. The summed E-state index contributed by atoms with van der Waals surface area (Å²) in [5.41, 5.74) is 10.6. The van der Waals surface area contributed by atoms with Crippen LogP contribution in [0.4, 0.5) is 11.5 Å². The van der Waals surface area contributed by atoms with E-state index < -0.39 is 0 Å². The predicted octanol–water partition coefficient (Wildman–Crippen LogP) is 2.62. The lowest BCUT2D eigenvalue weighted by Gasteiger charge is -2.11. The Kier molecular flexibility index (Phi) is 4.75. The van der Waals surface area contributed by atoms with Gasteiger partial charge in [-0.05, 0) is 47.7 Å².